The van der Waals surface area contributed by atoms with Gasteiger partial charge in [0.1, 0.15) is 0 Å². The van der Waals surface area contributed by atoms with E-state index in [4.69, 9.17) is 0 Å². The second kappa shape index (κ2) is 8.30. The first-order valence-corrected chi connectivity index (χ1v) is 11.4. The molecule has 3 aliphatic heterocycles. The Morgan fingerprint density at radius 2 is 1.71 bits per heavy atom. The molecule has 8 heteroatoms. The number of benzene rings is 1. The molecule has 3 heterocycles. The van der Waals surface area contributed by atoms with Gasteiger partial charge in [0.15, 0.2) is 0 Å². The number of fused-ring (bicyclic) bond motifs is 3. The largest absolute Gasteiger partial charge is 0.342 e. The number of rotatable bonds is 3. The molecule has 2 bridgehead atoms. The van der Waals surface area contributed by atoms with Crippen LogP contribution in [0.3, 0.4) is 0 Å². The van der Waals surface area contributed by atoms with Crippen LogP contribution in [0.25, 0.3) is 0 Å². The highest BCUT2D eigenvalue weighted by Gasteiger charge is 2.39. The summed E-state index contributed by atoms with van der Waals surface area (Å²) in [4.78, 5) is 13.9. The van der Waals surface area contributed by atoms with E-state index < -0.39 is 10.0 Å². The minimum Gasteiger partial charge on any atom is -0.342 e. The van der Waals surface area contributed by atoms with Crippen LogP contribution < -0.4 is 5.32 Å². The quantitative estimate of drug-likeness (QED) is 0.800. The number of nitrogens with zero attached hydrogens (tertiary/aromatic N) is 2. The molecule has 2 saturated heterocycles. The summed E-state index contributed by atoms with van der Waals surface area (Å²) >= 11 is 0. The van der Waals surface area contributed by atoms with E-state index in [1.165, 1.54) is 0 Å². The highest BCUT2D eigenvalue weighted by atomic mass is 35.5. The lowest BCUT2D eigenvalue weighted by Crippen LogP contribution is -2.48. The fourth-order valence-electron chi connectivity index (χ4n) is 4.86. The van der Waals surface area contributed by atoms with Gasteiger partial charge in [-0.05, 0) is 61.8 Å². The number of carbonyl (C=O) groups is 1. The molecule has 1 amide bonds. The monoisotopic (exact) mass is 427 g/mol. The Labute approximate surface area is 174 Å². The molecule has 2 fully saturated rings. The molecule has 156 valence electrons. The summed E-state index contributed by atoms with van der Waals surface area (Å²) in [6.07, 6.45) is 5.58. The lowest BCUT2D eigenvalue weighted by atomic mass is 10.0. The second-order valence-electron chi connectivity index (χ2n) is 8.22. The van der Waals surface area contributed by atoms with Crippen molar-refractivity contribution >= 4 is 28.3 Å². The van der Waals surface area contributed by atoms with Gasteiger partial charge in [0.05, 0.1) is 4.90 Å². The molecule has 0 aliphatic carbocycles. The smallest absolute Gasteiger partial charge is 0.243 e. The summed E-state index contributed by atoms with van der Waals surface area (Å²) in [5, 5.41) is 3.57. The van der Waals surface area contributed by atoms with Gasteiger partial charge in [-0.1, -0.05) is 6.07 Å². The molecule has 1 aromatic rings. The third kappa shape index (κ3) is 4.08. The average molecular weight is 428 g/mol. The van der Waals surface area contributed by atoms with Gasteiger partial charge in [-0.25, -0.2) is 8.42 Å². The van der Waals surface area contributed by atoms with Crippen molar-refractivity contribution in [1.29, 1.82) is 0 Å². The van der Waals surface area contributed by atoms with Crippen LogP contribution in [0, 0.1) is 0 Å². The van der Waals surface area contributed by atoms with Gasteiger partial charge in [0.2, 0.25) is 15.9 Å². The summed E-state index contributed by atoms with van der Waals surface area (Å²) in [6.45, 7) is 2.94. The van der Waals surface area contributed by atoms with E-state index in [1.807, 2.05) is 17.0 Å². The Balaban J connectivity index is 0.00000225. The fraction of sp³-hybridized carbons (Fsp3) is 0.650. The van der Waals surface area contributed by atoms with E-state index in [2.05, 4.69) is 5.32 Å². The SMILES string of the molecule is CC(=O)N1CCc2ccc(S(=O)(=O)N(C)C3CC4CCC(C3)N4)cc2CC1.Cl. The lowest BCUT2D eigenvalue weighted by Gasteiger charge is -2.35. The van der Waals surface area contributed by atoms with Gasteiger partial charge in [0, 0.05) is 45.2 Å². The Morgan fingerprint density at radius 1 is 1.11 bits per heavy atom. The maximum atomic E-state index is 13.3. The van der Waals surface area contributed by atoms with Crippen molar-refractivity contribution in [3.63, 3.8) is 0 Å². The summed E-state index contributed by atoms with van der Waals surface area (Å²) in [5.74, 6) is 0.0796. The Morgan fingerprint density at radius 3 is 2.32 bits per heavy atom. The zero-order chi connectivity index (χ0) is 19.2. The predicted octanol–water partition coefficient (Wildman–Crippen LogP) is 1.96. The van der Waals surface area contributed by atoms with E-state index in [-0.39, 0.29) is 24.4 Å². The van der Waals surface area contributed by atoms with Gasteiger partial charge >= 0.3 is 0 Å². The zero-order valence-electron chi connectivity index (χ0n) is 16.6. The molecule has 2 unspecified atom stereocenters. The number of piperidine rings is 1. The van der Waals surface area contributed by atoms with Crippen molar-refractivity contribution in [3.05, 3.63) is 29.3 Å². The molecule has 0 spiro atoms. The highest BCUT2D eigenvalue weighted by molar-refractivity contribution is 7.89. The van der Waals surface area contributed by atoms with Crippen LogP contribution in [0.1, 0.15) is 43.7 Å². The first-order chi connectivity index (χ1) is 12.8. The number of hydrogen-bond donors (Lipinski definition) is 1. The molecule has 3 aliphatic rings. The van der Waals surface area contributed by atoms with Gasteiger partial charge in [-0.3, -0.25) is 4.79 Å². The molecular weight excluding hydrogens is 398 g/mol. The molecule has 4 rings (SSSR count). The van der Waals surface area contributed by atoms with Gasteiger partial charge in [0.25, 0.3) is 0 Å². The van der Waals surface area contributed by atoms with Crippen LogP contribution in [0.15, 0.2) is 23.1 Å². The van der Waals surface area contributed by atoms with Crippen LogP contribution >= 0.6 is 12.4 Å². The maximum Gasteiger partial charge on any atom is 0.243 e. The molecule has 0 radical (unpaired) electrons. The van der Waals surface area contributed by atoms with Gasteiger partial charge in [-0.15, -0.1) is 12.4 Å². The number of amides is 1. The minimum absolute atomic E-state index is 0. The lowest BCUT2D eigenvalue weighted by molar-refractivity contribution is -0.128. The Hall–Kier alpha value is -1.15. The van der Waals surface area contributed by atoms with Crippen molar-refractivity contribution in [2.75, 3.05) is 20.1 Å². The van der Waals surface area contributed by atoms with Crippen LogP contribution in [0.5, 0.6) is 0 Å². The van der Waals surface area contributed by atoms with Crippen LogP contribution in [0.4, 0.5) is 0 Å². The van der Waals surface area contributed by atoms with Crippen LogP contribution in [-0.4, -0.2) is 61.8 Å². The Bertz CT molecular complexity index is 833. The topological polar surface area (TPSA) is 69.7 Å². The normalized spacial score (nSPS) is 27.1. The molecular formula is C20H30ClN3O3S. The number of sulfonamides is 1. The molecule has 6 nitrogen and oxygen atoms in total. The second-order valence-corrected chi connectivity index (χ2v) is 10.2. The van der Waals surface area contributed by atoms with Gasteiger partial charge in [-0.2, -0.15) is 4.31 Å². The minimum atomic E-state index is -3.51. The van der Waals surface area contributed by atoms with Crippen LogP contribution in [0.2, 0.25) is 0 Å². The van der Waals surface area contributed by atoms with E-state index in [1.54, 1.807) is 24.3 Å². The molecule has 1 aromatic carbocycles. The van der Waals surface area contributed by atoms with E-state index >= 15 is 0 Å². The number of hydrogen-bond acceptors (Lipinski definition) is 4. The molecule has 0 aromatic heterocycles. The van der Waals surface area contributed by atoms with Crippen molar-refractivity contribution < 1.29 is 13.2 Å². The molecule has 28 heavy (non-hydrogen) atoms. The molecule has 0 saturated carbocycles. The third-order valence-electron chi connectivity index (χ3n) is 6.56. The summed E-state index contributed by atoms with van der Waals surface area (Å²) in [6, 6.07) is 6.49. The standard InChI is InChI=1S/C20H29N3O3S.ClH/c1-14(24)23-9-7-15-3-6-20(11-16(15)8-10-23)27(25,26)22(2)19-12-17-4-5-18(13-19)21-17;/h3,6,11,17-19,21H,4-5,7-10,12-13H2,1-2H3;1H. The highest BCUT2D eigenvalue weighted by Crippen LogP contribution is 2.32. The summed E-state index contributed by atoms with van der Waals surface area (Å²) in [5.41, 5.74) is 2.21. The number of nitrogens with one attached hydrogen (secondary N) is 1. The summed E-state index contributed by atoms with van der Waals surface area (Å²) in [7, 11) is -1.78. The van der Waals surface area contributed by atoms with E-state index in [0.717, 1.165) is 43.2 Å². The zero-order valence-corrected chi connectivity index (χ0v) is 18.2. The van der Waals surface area contributed by atoms with Crippen LogP contribution in [-0.2, 0) is 27.7 Å². The van der Waals surface area contributed by atoms with E-state index in [9.17, 15) is 13.2 Å². The first kappa shape index (κ1) is 21.6. The predicted molar refractivity (Wildman–Crippen MR) is 111 cm³/mol. The fourth-order valence-corrected chi connectivity index (χ4v) is 6.29. The molecule has 2 atom stereocenters. The third-order valence-corrected chi connectivity index (χ3v) is 8.47. The van der Waals surface area contributed by atoms with Gasteiger partial charge < -0.3 is 10.2 Å². The van der Waals surface area contributed by atoms with Crippen molar-refractivity contribution in [2.45, 2.75) is 68.5 Å². The maximum absolute atomic E-state index is 13.3. The van der Waals surface area contributed by atoms with Crippen molar-refractivity contribution in [3.8, 4) is 0 Å². The van der Waals surface area contributed by atoms with Crippen molar-refractivity contribution in [1.82, 2.24) is 14.5 Å². The van der Waals surface area contributed by atoms with E-state index in [0.29, 0.717) is 36.5 Å². The molecule has 1 N–H and O–H groups in total. The number of carbonyl (C=O) groups excluding carboxylic acids is 1. The number of halogens is 1. The Kier molecular flexibility index (Phi) is 6.39. The van der Waals surface area contributed by atoms with Crippen molar-refractivity contribution in [2.24, 2.45) is 0 Å². The average Bonchev–Trinajstić information content (AvgIpc) is 2.86. The summed E-state index contributed by atoms with van der Waals surface area (Å²) < 4.78 is 28.1. The first-order valence-electron chi connectivity index (χ1n) is 9.96.